The van der Waals surface area contributed by atoms with Crippen molar-refractivity contribution in [2.24, 2.45) is 0 Å². The van der Waals surface area contributed by atoms with E-state index in [0.717, 1.165) is 37.4 Å². The molecule has 1 heterocycles. The van der Waals surface area contributed by atoms with Gasteiger partial charge in [-0.05, 0) is 49.0 Å². The van der Waals surface area contributed by atoms with Gasteiger partial charge in [-0.1, -0.05) is 12.1 Å². The van der Waals surface area contributed by atoms with Gasteiger partial charge < -0.3 is 20.4 Å². The van der Waals surface area contributed by atoms with Crippen LogP contribution >= 0.6 is 0 Å². The van der Waals surface area contributed by atoms with Crippen LogP contribution in [0.5, 0.6) is 0 Å². The molecule has 132 valence electrons. The summed E-state index contributed by atoms with van der Waals surface area (Å²) in [4.78, 5) is 16.6. The molecular weight excluding hydrogens is 319 g/mol. The van der Waals surface area contributed by atoms with E-state index < -0.39 is 0 Å². The van der Waals surface area contributed by atoms with Crippen molar-refractivity contribution in [2.75, 3.05) is 43.4 Å². The Labute approximate surface area is 147 Å². The highest BCUT2D eigenvalue weighted by Gasteiger charge is 2.14. The van der Waals surface area contributed by atoms with Crippen molar-refractivity contribution < 1.29 is 9.18 Å². The number of nitrogens with one attached hydrogen (secondary N) is 2. The first-order valence-electron chi connectivity index (χ1n) is 8.43. The number of hydrogen-bond donors (Lipinski definition) is 2. The molecule has 3 rings (SSSR count). The summed E-state index contributed by atoms with van der Waals surface area (Å²) in [6.07, 6.45) is 0. The van der Waals surface area contributed by atoms with Crippen molar-refractivity contribution >= 4 is 17.4 Å². The van der Waals surface area contributed by atoms with Gasteiger partial charge in [-0.15, -0.1) is 0 Å². The van der Waals surface area contributed by atoms with Crippen molar-refractivity contribution in [1.29, 1.82) is 0 Å². The molecule has 0 saturated carbocycles. The lowest BCUT2D eigenvalue weighted by molar-refractivity contribution is 0.251. The first-order valence-corrected chi connectivity index (χ1v) is 8.43. The average Bonchev–Trinajstić information content (AvgIpc) is 2.62. The van der Waals surface area contributed by atoms with Gasteiger partial charge in [-0.3, -0.25) is 0 Å². The lowest BCUT2D eigenvalue weighted by atomic mass is 10.2. The second kappa shape index (κ2) is 7.98. The topological polar surface area (TPSA) is 47.6 Å². The van der Waals surface area contributed by atoms with E-state index >= 15 is 0 Å². The summed E-state index contributed by atoms with van der Waals surface area (Å²) in [5, 5.41) is 5.52. The summed E-state index contributed by atoms with van der Waals surface area (Å²) in [5.74, 6) is -0.306. The van der Waals surface area contributed by atoms with Gasteiger partial charge in [0.25, 0.3) is 0 Å². The van der Waals surface area contributed by atoms with Crippen LogP contribution < -0.4 is 15.5 Å². The van der Waals surface area contributed by atoms with Crippen LogP contribution in [0.3, 0.4) is 0 Å². The predicted molar refractivity (Wildman–Crippen MR) is 98.4 cm³/mol. The summed E-state index contributed by atoms with van der Waals surface area (Å²) in [6.45, 7) is 4.42. The van der Waals surface area contributed by atoms with Gasteiger partial charge >= 0.3 is 6.03 Å². The SMILES string of the molecule is CN1CCN(c2ccc(NC(=O)NCc3cccc(F)c3)cc2)CC1. The Morgan fingerprint density at radius 2 is 1.80 bits per heavy atom. The molecule has 0 radical (unpaired) electrons. The number of nitrogens with zero attached hydrogens (tertiary/aromatic N) is 2. The van der Waals surface area contributed by atoms with E-state index in [2.05, 4.69) is 27.5 Å². The molecule has 0 aromatic heterocycles. The molecule has 0 bridgehead atoms. The largest absolute Gasteiger partial charge is 0.369 e. The van der Waals surface area contributed by atoms with Crippen LogP contribution in [0.1, 0.15) is 5.56 Å². The molecule has 0 unspecified atom stereocenters. The van der Waals surface area contributed by atoms with E-state index in [9.17, 15) is 9.18 Å². The minimum Gasteiger partial charge on any atom is -0.369 e. The van der Waals surface area contributed by atoms with Crippen molar-refractivity contribution in [3.05, 3.63) is 59.9 Å². The fourth-order valence-electron chi connectivity index (χ4n) is 2.82. The van der Waals surface area contributed by atoms with E-state index in [0.29, 0.717) is 0 Å². The van der Waals surface area contributed by atoms with Crippen LogP contribution in [0, 0.1) is 5.82 Å². The number of urea groups is 1. The van der Waals surface area contributed by atoms with E-state index in [4.69, 9.17) is 0 Å². The number of likely N-dealkylation sites (N-methyl/N-ethyl adjacent to an activating group) is 1. The third-order valence-corrected chi connectivity index (χ3v) is 4.34. The molecule has 5 nitrogen and oxygen atoms in total. The Morgan fingerprint density at radius 1 is 1.08 bits per heavy atom. The lowest BCUT2D eigenvalue weighted by Crippen LogP contribution is -2.44. The molecule has 0 spiro atoms. The van der Waals surface area contributed by atoms with E-state index in [1.165, 1.54) is 17.8 Å². The van der Waals surface area contributed by atoms with Crippen LogP contribution in [-0.4, -0.2) is 44.2 Å². The highest BCUT2D eigenvalue weighted by atomic mass is 19.1. The highest BCUT2D eigenvalue weighted by Crippen LogP contribution is 2.19. The maximum absolute atomic E-state index is 13.1. The number of anilines is 2. The van der Waals surface area contributed by atoms with E-state index in [1.54, 1.807) is 12.1 Å². The van der Waals surface area contributed by atoms with Crippen molar-refractivity contribution in [3.63, 3.8) is 0 Å². The van der Waals surface area contributed by atoms with Crippen LogP contribution in [0.15, 0.2) is 48.5 Å². The predicted octanol–water partition coefficient (Wildman–Crippen LogP) is 2.90. The first-order chi connectivity index (χ1) is 12.1. The zero-order chi connectivity index (χ0) is 17.6. The quantitative estimate of drug-likeness (QED) is 0.898. The smallest absolute Gasteiger partial charge is 0.319 e. The Hall–Kier alpha value is -2.60. The molecule has 1 aliphatic heterocycles. The first kappa shape index (κ1) is 17.2. The molecule has 0 aliphatic carbocycles. The number of amides is 2. The van der Waals surface area contributed by atoms with Crippen LogP contribution in [0.2, 0.25) is 0 Å². The maximum Gasteiger partial charge on any atom is 0.319 e. The van der Waals surface area contributed by atoms with Gasteiger partial charge in [0.2, 0.25) is 0 Å². The standard InChI is InChI=1S/C19H23FN4O/c1-23-9-11-24(12-10-23)18-7-5-17(6-8-18)22-19(25)21-14-15-3-2-4-16(20)13-15/h2-8,13H,9-12,14H2,1H3,(H2,21,22,25). The number of carbonyl (C=O) groups is 1. The van der Waals surface area contributed by atoms with Gasteiger partial charge in [0.05, 0.1) is 0 Å². The number of carbonyl (C=O) groups excluding carboxylic acids is 1. The minimum atomic E-state index is -0.309. The Balaban J connectivity index is 1.50. The van der Waals surface area contributed by atoms with Gasteiger partial charge in [-0.25, -0.2) is 9.18 Å². The third-order valence-electron chi connectivity index (χ3n) is 4.34. The Bertz CT molecular complexity index is 712. The number of rotatable bonds is 4. The molecular formula is C19H23FN4O. The number of hydrogen-bond acceptors (Lipinski definition) is 3. The van der Waals surface area contributed by atoms with Crippen LogP contribution in [0.4, 0.5) is 20.6 Å². The summed E-state index contributed by atoms with van der Waals surface area (Å²) in [5.41, 5.74) is 2.62. The number of benzene rings is 2. The molecule has 2 aromatic rings. The number of piperazine rings is 1. The molecule has 1 saturated heterocycles. The molecule has 2 aromatic carbocycles. The zero-order valence-corrected chi connectivity index (χ0v) is 14.3. The fourth-order valence-corrected chi connectivity index (χ4v) is 2.82. The molecule has 2 N–H and O–H groups in total. The van der Waals surface area contributed by atoms with E-state index in [1.807, 2.05) is 24.3 Å². The zero-order valence-electron chi connectivity index (χ0n) is 14.3. The van der Waals surface area contributed by atoms with Gasteiger partial charge in [0.15, 0.2) is 0 Å². The molecule has 25 heavy (non-hydrogen) atoms. The fraction of sp³-hybridized carbons (Fsp3) is 0.316. The minimum absolute atomic E-state index is 0.281. The van der Waals surface area contributed by atoms with Gasteiger partial charge in [0, 0.05) is 44.1 Å². The van der Waals surface area contributed by atoms with Gasteiger partial charge in [0.1, 0.15) is 5.82 Å². The normalized spacial score (nSPS) is 15.0. The lowest BCUT2D eigenvalue weighted by Gasteiger charge is -2.34. The molecule has 2 amide bonds. The highest BCUT2D eigenvalue weighted by molar-refractivity contribution is 5.89. The summed E-state index contributed by atoms with van der Waals surface area (Å²) < 4.78 is 13.1. The monoisotopic (exact) mass is 342 g/mol. The van der Waals surface area contributed by atoms with Crippen molar-refractivity contribution in [2.45, 2.75) is 6.54 Å². The van der Waals surface area contributed by atoms with E-state index in [-0.39, 0.29) is 18.4 Å². The number of halogens is 1. The molecule has 1 aliphatic rings. The maximum atomic E-state index is 13.1. The third kappa shape index (κ3) is 4.93. The molecule has 0 atom stereocenters. The second-order valence-corrected chi connectivity index (χ2v) is 6.27. The van der Waals surface area contributed by atoms with Crippen LogP contribution in [-0.2, 0) is 6.54 Å². The van der Waals surface area contributed by atoms with Crippen molar-refractivity contribution in [1.82, 2.24) is 10.2 Å². The molecule has 1 fully saturated rings. The average molecular weight is 342 g/mol. The van der Waals surface area contributed by atoms with Crippen LogP contribution in [0.25, 0.3) is 0 Å². The second-order valence-electron chi connectivity index (χ2n) is 6.27. The van der Waals surface area contributed by atoms with Gasteiger partial charge in [-0.2, -0.15) is 0 Å². The van der Waals surface area contributed by atoms with Crippen molar-refractivity contribution in [3.8, 4) is 0 Å². The Morgan fingerprint density at radius 3 is 2.48 bits per heavy atom. The Kier molecular flexibility index (Phi) is 5.50. The molecule has 6 heteroatoms. The summed E-state index contributed by atoms with van der Waals surface area (Å²) in [7, 11) is 2.13. The summed E-state index contributed by atoms with van der Waals surface area (Å²) >= 11 is 0. The summed E-state index contributed by atoms with van der Waals surface area (Å²) in [6, 6.07) is 13.7.